The van der Waals surface area contributed by atoms with Crippen molar-refractivity contribution in [1.29, 1.82) is 0 Å². The lowest BCUT2D eigenvalue weighted by Crippen LogP contribution is -2.23. The molecule has 0 spiro atoms. The van der Waals surface area contributed by atoms with Crippen molar-refractivity contribution in [3.8, 4) is 0 Å². The van der Waals surface area contributed by atoms with E-state index in [0.717, 1.165) is 11.2 Å². The molecule has 2 heteroatoms. The van der Waals surface area contributed by atoms with Crippen LogP contribution in [0.5, 0.6) is 0 Å². The Labute approximate surface area is 77.6 Å². The number of nitrogens with two attached hydrogens (primary N) is 1. The number of aromatic nitrogens is 1. The maximum atomic E-state index is 6.00. The summed E-state index contributed by atoms with van der Waals surface area (Å²) in [6.07, 6.45) is 4.11. The molecule has 66 valence electrons. The van der Waals surface area contributed by atoms with Crippen LogP contribution in [0.25, 0.3) is 5.52 Å². The Morgan fingerprint density at radius 3 is 2.77 bits per heavy atom. The molecular formula is C11H13N2+. The molecule has 2 N–H and O–H groups in total. The molecule has 0 aliphatic heterocycles. The van der Waals surface area contributed by atoms with Crippen LogP contribution in [0.15, 0.2) is 30.6 Å². The summed E-state index contributed by atoms with van der Waals surface area (Å²) in [5.41, 5.74) is 10.3. The second kappa shape index (κ2) is 2.73. The van der Waals surface area contributed by atoms with Crippen LogP contribution < -0.4 is 10.1 Å². The van der Waals surface area contributed by atoms with Gasteiger partial charge in [0.1, 0.15) is 5.69 Å². The Morgan fingerprint density at radius 2 is 2.00 bits per heavy atom. The Morgan fingerprint density at radius 1 is 1.23 bits per heavy atom. The lowest BCUT2D eigenvalue weighted by Gasteiger charge is -2.02. The lowest BCUT2D eigenvalue weighted by molar-refractivity contribution is -0.511. The van der Waals surface area contributed by atoms with Gasteiger partial charge in [0.2, 0.25) is 5.52 Å². The molecule has 0 amide bonds. The van der Waals surface area contributed by atoms with Gasteiger partial charge in [0.15, 0.2) is 12.4 Å². The van der Waals surface area contributed by atoms with E-state index in [1.54, 1.807) is 0 Å². The lowest BCUT2D eigenvalue weighted by atomic mass is 10.1. The fourth-order valence-electron chi connectivity index (χ4n) is 1.51. The fourth-order valence-corrected chi connectivity index (χ4v) is 1.51. The van der Waals surface area contributed by atoms with Crippen LogP contribution >= 0.6 is 0 Å². The molecule has 0 radical (unpaired) electrons. The van der Waals surface area contributed by atoms with Gasteiger partial charge >= 0.3 is 0 Å². The third-order valence-corrected chi connectivity index (χ3v) is 2.49. The molecule has 0 aromatic carbocycles. The van der Waals surface area contributed by atoms with Crippen molar-refractivity contribution < 1.29 is 4.40 Å². The molecule has 2 aromatic rings. The standard InChI is InChI=1S/C11H13N2/c1-8-7-13-6-4-3-5-10(13)11(12)9(8)2/h3-7H,12H2,1-2H3/q+1. The van der Waals surface area contributed by atoms with Gasteiger partial charge in [-0.05, 0) is 25.5 Å². The van der Waals surface area contributed by atoms with Gasteiger partial charge in [-0.25, -0.2) is 0 Å². The number of nitrogen functional groups attached to an aromatic ring is 1. The number of nitrogens with zero attached hydrogens (tertiary/aromatic N) is 1. The number of hydrogen-bond acceptors (Lipinski definition) is 1. The van der Waals surface area contributed by atoms with Crippen molar-refractivity contribution in [3.05, 3.63) is 41.7 Å². The fraction of sp³-hybridized carbons (Fsp3) is 0.182. The summed E-state index contributed by atoms with van der Waals surface area (Å²) in [5, 5.41) is 0. The van der Waals surface area contributed by atoms with Crippen molar-refractivity contribution in [3.63, 3.8) is 0 Å². The number of fused-ring (bicyclic) bond motifs is 1. The summed E-state index contributed by atoms with van der Waals surface area (Å²) < 4.78 is 2.05. The quantitative estimate of drug-likeness (QED) is 0.603. The Kier molecular flexibility index (Phi) is 1.69. The van der Waals surface area contributed by atoms with Gasteiger partial charge in [0.05, 0.1) is 0 Å². The van der Waals surface area contributed by atoms with Gasteiger partial charge < -0.3 is 5.73 Å². The first kappa shape index (κ1) is 8.05. The van der Waals surface area contributed by atoms with Crippen molar-refractivity contribution in [2.75, 3.05) is 5.73 Å². The SMILES string of the molecule is Cc1c[n+]2ccccc2c(N)c1C. The zero-order valence-electron chi connectivity index (χ0n) is 7.91. The van der Waals surface area contributed by atoms with Gasteiger partial charge in [-0.3, -0.25) is 0 Å². The first-order valence-corrected chi connectivity index (χ1v) is 4.36. The minimum atomic E-state index is 0.876. The molecule has 2 aromatic heterocycles. The smallest absolute Gasteiger partial charge is 0.233 e. The average molecular weight is 173 g/mol. The second-order valence-electron chi connectivity index (χ2n) is 3.34. The first-order valence-electron chi connectivity index (χ1n) is 4.36. The van der Waals surface area contributed by atoms with Gasteiger partial charge in [-0.1, -0.05) is 0 Å². The molecule has 0 unspecified atom stereocenters. The van der Waals surface area contributed by atoms with E-state index in [-0.39, 0.29) is 0 Å². The van der Waals surface area contributed by atoms with Crippen LogP contribution in [0.2, 0.25) is 0 Å². The molecule has 2 rings (SSSR count). The normalized spacial score (nSPS) is 10.6. The molecule has 0 aliphatic rings. The summed E-state index contributed by atoms with van der Waals surface area (Å²) in [6.45, 7) is 4.13. The third kappa shape index (κ3) is 1.15. The van der Waals surface area contributed by atoms with Crippen molar-refractivity contribution in [2.24, 2.45) is 0 Å². The Balaban J connectivity index is 2.94. The number of anilines is 1. The van der Waals surface area contributed by atoms with Gasteiger partial charge in [-0.15, -0.1) is 0 Å². The largest absolute Gasteiger partial charge is 0.393 e. The van der Waals surface area contributed by atoms with Gasteiger partial charge in [0.25, 0.3) is 0 Å². The minimum Gasteiger partial charge on any atom is -0.393 e. The van der Waals surface area contributed by atoms with E-state index < -0.39 is 0 Å². The highest BCUT2D eigenvalue weighted by Crippen LogP contribution is 2.16. The Hall–Kier alpha value is -1.57. The Bertz CT molecular complexity index is 461. The summed E-state index contributed by atoms with van der Waals surface area (Å²) in [5.74, 6) is 0. The maximum absolute atomic E-state index is 6.00. The van der Waals surface area contributed by atoms with E-state index in [4.69, 9.17) is 5.73 Å². The highest BCUT2D eigenvalue weighted by Gasteiger charge is 2.09. The molecular weight excluding hydrogens is 160 g/mol. The van der Waals surface area contributed by atoms with E-state index in [0.29, 0.717) is 0 Å². The van der Waals surface area contributed by atoms with Crippen LogP contribution in [0.3, 0.4) is 0 Å². The van der Waals surface area contributed by atoms with Crippen LogP contribution in [-0.4, -0.2) is 0 Å². The van der Waals surface area contributed by atoms with Crippen LogP contribution in [-0.2, 0) is 0 Å². The number of rotatable bonds is 0. The van der Waals surface area contributed by atoms with Gasteiger partial charge in [0, 0.05) is 17.7 Å². The molecule has 2 heterocycles. The van der Waals surface area contributed by atoms with E-state index in [1.165, 1.54) is 11.1 Å². The highest BCUT2D eigenvalue weighted by molar-refractivity contribution is 5.69. The van der Waals surface area contributed by atoms with E-state index in [9.17, 15) is 0 Å². The second-order valence-corrected chi connectivity index (χ2v) is 3.34. The molecule has 0 bridgehead atoms. The number of pyridine rings is 2. The van der Waals surface area contributed by atoms with E-state index in [1.807, 2.05) is 24.4 Å². The predicted molar refractivity (Wildman–Crippen MR) is 53.5 cm³/mol. The molecule has 0 fully saturated rings. The molecule has 13 heavy (non-hydrogen) atoms. The van der Waals surface area contributed by atoms with Gasteiger partial charge in [-0.2, -0.15) is 4.40 Å². The maximum Gasteiger partial charge on any atom is 0.233 e. The van der Waals surface area contributed by atoms with Crippen molar-refractivity contribution in [1.82, 2.24) is 0 Å². The molecule has 0 saturated carbocycles. The minimum absolute atomic E-state index is 0.876. The number of aryl methyl sites for hydroxylation is 1. The molecule has 0 aliphatic carbocycles. The molecule has 0 atom stereocenters. The number of hydrogen-bond donors (Lipinski definition) is 1. The van der Waals surface area contributed by atoms with Crippen LogP contribution in [0.4, 0.5) is 5.69 Å². The first-order chi connectivity index (χ1) is 6.20. The van der Waals surface area contributed by atoms with Crippen LogP contribution in [0, 0.1) is 13.8 Å². The van der Waals surface area contributed by atoms with E-state index in [2.05, 4.69) is 24.4 Å². The monoisotopic (exact) mass is 173 g/mol. The topological polar surface area (TPSA) is 30.1 Å². The highest BCUT2D eigenvalue weighted by atomic mass is 14.9. The summed E-state index contributed by atoms with van der Waals surface area (Å²) >= 11 is 0. The van der Waals surface area contributed by atoms with E-state index >= 15 is 0 Å². The average Bonchev–Trinajstić information content (AvgIpc) is 2.15. The summed E-state index contributed by atoms with van der Waals surface area (Å²) in [7, 11) is 0. The molecule has 0 saturated heterocycles. The molecule has 2 nitrogen and oxygen atoms in total. The van der Waals surface area contributed by atoms with Crippen molar-refractivity contribution >= 4 is 11.2 Å². The predicted octanol–water partition coefficient (Wildman–Crippen LogP) is 1.62. The zero-order valence-corrected chi connectivity index (χ0v) is 7.91. The zero-order chi connectivity index (χ0) is 9.42. The summed E-state index contributed by atoms with van der Waals surface area (Å²) in [6, 6.07) is 6.03. The van der Waals surface area contributed by atoms with Crippen molar-refractivity contribution in [2.45, 2.75) is 13.8 Å². The third-order valence-electron chi connectivity index (χ3n) is 2.49. The van der Waals surface area contributed by atoms with Crippen LogP contribution in [0.1, 0.15) is 11.1 Å². The summed E-state index contributed by atoms with van der Waals surface area (Å²) in [4.78, 5) is 0.